The number of nitrogens with zero attached hydrogens (tertiary/aromatic N) is 2. The van der Waals surface area contributed by atoms with Crippen molar-refractivity contribution in [2.75, 3.05) is 18.9 Å². The molecule has 1 aliphatic rings. The van der Waals surface area contributed by atoms with E-state index in [0.29, 0.717) is 0 Å². The third-order valence-corrected chi connectivity index (χ3v) is 2.94. The Balaban J connectivity index is 1.92. The van der Waals surface area contributed by atoms with Crippen LogP contribution < -0.4 is 5.32 Å². The fraction of sp³-hybridized carbons (Fsp3) is 0.615. The molecule has 0 radical (unpaired) electrons. The fourth-order valence-electron chi connectivity index (χ4n) is 1.82. The first-order chi connectivity index (χ1) is 7.79. The van der Waals surface area contributed by atoms with Crippen molar-refractivity contribution >= 4 is 5.82 Å². The van der Waals surface area contributed by atoms with Gasteiger partial charge in [0.15, 0.2) is 0 Å². The largest absolute Gasteiger partial charge is 0.370 e. The lowest BCUT2D eigenvalue weighted by Gasteiger charge is -2.15. The smallest absolute Gasteiger partial charge is 0.126 e. The van der Waals surface area contributed by atoms with E-state index in [4.69, 9.17) is 0 Å². The van der Waals surface area contributed by atoms with Gasteiger partial charge < -0.3 is 5.32 Å². The summed E-state index contributed by atoms with van der Waals surface area (Å²) in [5.41, 5.74) is 1.16. The molecule has 1 N–H and O–H groups in total. The lowest BCUT2D eigenvalue weighted by atomic mass is 10.3. The predicted octanol–water partition coefficient (Wildman–Crippen LogP) is 2.50. The summed E-state index contributed by atoms with van der Waals surface area (Å²) in [5, 5.41) is 3.32. The first-order valence-electron chi connectivity index (χ1n) is 6.19. The van der Waals surface area contributed by atoms with Gasteiger partial charge in [0, 0.05) is 19.1 Å². The monoisotopic (exact) mass is 219 g/mol. The van der Waals surface area contributed by atoms with Crippen molar-refractivity contribution < 1.29 is 0 Å². The number of hydrogen-bond acceptors (Lipinski definition) is 3. The van der Waals surface area contributed by atoms with E-state index in [1.807, 2.05) is 6.07 Å². The normalized spacial score (nSPS) is 15.4. The molecule has 3 heteroatoms. The minimum Gasteiger partial charge on any atom is -0.370 e. The SMILES string of the molecule is CCCNc1cccc(CN(C)C2CC2)n1. The van der Waals surface area contributed by atoms with Crippen LogP contribution in [0.5, 0.6) is 0 Å². The average Bonchev–Trinajstić information content (AvgIpc) is 3.10. The van der Waals surface area contributed by atoms with Gasteiger partial charge in [-0.05, 0) is 38.4 Å². The molecule has 0 aromatic carbocycles. The Labute approximate surface area is 97.9 Å². The van der Waals surface area contributed by atoms with Crippen molar-refractivity contribution in [3.05, 3.63) is 23.9 Å². The van der Waals surface area contributed by atoms with Crippen LogP contribution >= 0.6 is 0 Å². The highest BCUT2D eigenvalue weighted by Crippen LogP contribution is 2.26. The van der Waals surface area contributed by atoms with Gasteiger partial charge in [-0.3, -0.25) is 4.90 Å². The van der Waals surface area contributed by atoms with E-state index in [9.17, 15) is 0 Å². The molecule has 0 aliphatic heterocycles. The zero-order valence-electron chi connectivity index (χ0n) is 10.2. The Morgan fingerprint density at radius 1 is 1.44 bits per heavy atom. The summed E-state index contributed by atoms with van der Waals surface area (Å²) in [4.78, 5) is 7.00. The number of nitrogens with one attached hydrogen (secondary N) is 1. The molecule has 88 valence electrons. The van der Waals surface area contributed by atoms with Crippen LogP contribution in [0.2, 0.25) is 0 Å². The lowest BCUT2D eigenvalue weighted by molar-refractivity contribution is 0.312. The van der Waals surface area contributed by atoms with Crippen LogP contribution in [0.3, 0.4) is 0 Å². The number of pyridine rings is 1. The summed E-state index contributed by atoms with van der Waals surface area (Å²) < 4.78 is 0. The molecule has 2 rings (SSSR count). The molecule has 0 unspecified atom stereocenters. The highest BCUT2D eigenvalue weighted by atomic mass is 15.2. The third-order valence-electron chi connectivity index (χ3n) is 2.94. The van der Waals surface area contributed by atoms with Crippen LogP contribution in [0.25, 0.3) is 0 Å². The van der Waals surface area contributed by atoms with Gasteiger partial charge in [0.2, 0.25) is 0 Å². The first kappa shape index (κ1) is 11.4. The Bertz CT molecular complexity index is 334. The van der Waals surface area contributed by atoms with E-state index in [1.54, 1.807) is 0 Å². The van der Waals surface area contributed by atoms with Gasteiger partial charge in [0.25, 0.3) is 0 Å². The molecule has 3 nitrogen and oxygen atoms in total. The van der Waals surface area contributed by atoms with E-state index in [1.165, 1.54) is 12.8 Å². The quantitative estimate of drug-likeness (QED) is 0.796. The van der Waals surface area contributed by atoms with Crippen molar-refractivity contribution in [3.8, 4) is 0 Å². The molecule has 0 atom stereocenters. The summed E-state index contributed by atoms with van der Waals surface area (Å²) >= 11 is 0. The van der Waals surface area contributed by atoms with Gasteiger partial charge in [0.1, 0.15) is 5.82 Å². The summed E-state index contributed by atoms with van der Waals surface area (Å²) in [6.07, 6.45) is 3.84. The number of anilines is 1. The van der Waals surface area contributed by atoms with E-state index >= 15 is 0 Å². The van der Waals surface area contributed by atoms with Crippen molar-refractivity contribution in [2.45, 2.75) is 38.8 Å². The van der Waals surface area contributed by atoms with Crippen molar-refractivity contribution in [3.63, 3.8) is 0 Å². The molecule has 0 bridgehead atoms. The van der Waals surface area contributed by atoms with Crippen LogP contribution in [0.1, 0.15) is 31.9 Å². The summed E-state index contributed by atoms with van der Waals surface area (Å²) in [6.45, 7) is 4.12. The predicted molar refractivity (Wildman–Crippen MR) is 67.5 cm³/mol. The van der Waals surface area contributed by atoms with Crippen LogP contribution in [0.4, 0.5) is 5.82 Å². The molecule has 1 aromatic heterocycles. The Kier molecular flexibility index (Phi) is 3.78. The Morgan fingerprint density at radius 2 is 2.25 bits per heavy atom. The second-order valence-corrected chi connectivity index (χ2v) is 4.59. The van der Waals surface area contributed by atoms with Crippen LogP contribution in [0.15, 0.2) is 18.2 Å². The van der Waals surface area contributed by atoms with Crippen molar-refractivity contribution in [1.82, 2.24) is 9.88 Å². The van der Waals surface area contributed by atoms with E-state index < -0.39 is 0 Å². The Morgan fingerprint density at radius 3 is 2.94 bits per heavy atom. The van der Waals surface area contributed by atoms with E-state index in [0.717, 1.165) is 37.1 Å². The van der Waals surface area contributed by atoms with Crippen molar-refractivity contribution in [2.24, 2.45) is 0 Å². The van der Waals surface area contributed by atoms with E-state index in [2.05, 4.69) is 41.3 Å². The lowest BCUT2D eigenvalue weighted by Crippen LogP contribution is -2.20. The molecule has 0 amide bonds. The maximum Gasteiger partial charge on any atom is 0.126 e. The number of aromatic nitrogens is 1. The number of rotatable bonds is 6. The molecule has 1 fully saturated rings. The second kappa shape index (κ2) is 5.30. The summed E-state index contributed by atoms with van der Waals surface area (Å²) in [5.74, 6) is 1.00. The third kappa shape index (κ3) is 3.20. The zero-order chi connectivity index (χ0) is 11.4. The topological polar surface area (TPSA) is 28.2 Å². The maximum atomic E-state index is 4.61. The molecule has 16 heavy (non-hydrogen) atoms. The average molecular weight is 219 g/mol. The van der Waals surface area contributed by atoms with Gasteiger partial charge in [0.05, 0.1) is 5.69 Å². The Hall–Kier alpha value is -1.09. The highest BCUT2D eigenvalue weighted by Gasteiger charge is 2.26. The highest BCUT2D eigenvalue weighted by molar-refractivity contribution is 5.35. The minimum atomic E-state index is 0.800. The zero-order valence-corrected chi connectivity index (χ0v) is 10.2. The second-order valence-electron chi connectivity index (χ2n) is 4.59. The van der Waals surface area contributed by atoms with Crippen LogP contribution in [-0.2, 0) is 6.54 Å². The van der Waals surface area contributed by atoms with E-state index in [-0.39, 0.29) is 0 Å². The van der Waals surface area contributed by atoms with Gasteiger partial charge in [-0.1, -0.05) is 13.0 Å². The fourth-order valence-corrected chi connectivity index (χ4v) is 1.82. The molecule has 1 aromatic rings. The van der Waals surface area contributed by atoms with Crippen LogP contribution in [0, 0.1) is 0 Å². The summed E-state index contributed by atoms with van der Waals surface area (Å²) in [6, 6.07) is 7.03. The molecular formula is C13H21N3. The van der Waals surface area contributed by atoms with Gasteiger partial charge in [-0.2, -0.15) is 0 Å². The van der Waals surface area contributed by atoms with Gasteiger partial charge in [-0.15, -0.1) is 0 Å². The van der Waals surface area contributed by atoms with Gasteiger partial charge in [-0.25, -0.2) is 4.98 Å². The minimum absolute atomic E-state index is 0.800. The molecule has 0 spiro atoms. The molecular weight excluding hydrogens is 198 g/mol. The molecule has 1 heterocycles. The maximum absolute atomic E-state index is 4.61. The summed E-state index contributed by atoms with van der Waals surface area (Å²) in [7, 11) is 2.19. The molecule has 1 aliphatic carbocycles. The first-order valence-corrected chi connectivity index (χ1v) is 6.19. The standard InChI is InChI=1S/C13H21N3/c1-3-9-14-13-6-4-5-11(15-13)10-16(2)12-7-8-12/h4-6,12H,3,7-10H2,1-2H3,(H,14,15). The van der Waals surface area contributed by atoms with Crippen LogP contribution in [-0.4, -0.2) is 29.5 Å². The van der Waals surface area contributed by atoms with Gasteiger partial charge >= 0.3 is 0 Å². The number of hydrogen-bond donors (Lipinski definition) is 1. The molecule has 1 saturated carbocycles. The molecule has 0 saturated heterocycles. The van der Waals surface area contributed by atoms with Crippen molar-refractivity contribution in [1.29, 1.82) is 0 Å².